The molecule has 0 spiro atoms. The number of urea groups is 1. The average molecular weight is 390 g/mol. The van der Waals surface area contributed by atoms with Gasteiger partial charge in [0.05, 0.1) is 12.7 Å². The molecule has 2 aromatic carbocycles. The Hall–Kier alpha value is -3.74. The number of aryl methyl sites for hydroxylation is 2. The lowest BCUT2D eigenvalue weighted by atomic mass is 10.1. The Morgan fingerprint density at radius 1 is 1.10 bits per heavy atom. The Labute approximate surface area is 169 Å². The molecule has 0 bridgehead atoms. The largest absolute Gasteiger partial charge is 0.485 e. The number of nitrogens with one attached hydrogen (secondary N) is 1. The highest BCUT2D eigenvalue weighted by Crippen LogP contribution is 2.29. The number of rotatable bonds is 5. The fourth-order valence-corrected chi connectivity index (χ4v) is 2.82. The van der Waals surface area contributed by atoms with Gasteiger partial charge in [0.1, 0.15) is 12.3 Å². The highest BCUT2D eigenvalue weighted by molar-refractivity contribution is 5.85. The maximum absolute atomic E-state index is 12.1. The molecule has 7 heteroatoms. The summed E-state index contributed by atoms with van der Waals surface area (Å²) in [5.41, 5.74) is 5.46. The number of nitrogens with two attached hydrogens (primary N) is 1. The van der Waals surface area contributed by atoms with E-state index in [1.54, 1.807) is 6.07 Å². The number of pyridine rings is 1. The molecule has 0 saturated carbocycles. The maximum Gasteiger partial charge on any atom is 0.459 e. The predicted octanol–water partition coefficient (Wildman–Crippen LogP) is 4.44. The molecule has 0 aliphatic rings. The average Bonchev–Trinajstić information content (AvgIpc) is 2.73. The zero-order valence-electron chi connectivity index (χ0n) is 16.7. The van der Waals surface area contributed by atoms with Gasteiger partial charge in [0, 0.05) is 16.5 Å². The van der Waals surface area contributed by atoms with Crippen LogP contribution in [-0.4, -0.2) is 22.8 Å². The molecular weight excluding hydrogens is 366 g/mol. The number of hydrogen-bond acceptors (Lipinski definition) is 4. The molecule has 1 aromatic heterocycles. The van der Waals surface area contributed by atoms with Crippen LogP contribution < -0.4 is 15.9 Å². The molecule has 0 atom stereocenters. The van der Waals surface area contributed by atoms with Gasteiger partial charge < -0.3 is 4.74 Å². The molecule has 0 unspecified atom stereocenters. The van der Waals surface area contributed by atoms with E-state index in [0.29, 0.717) is 18.0 Å². The molecule has 3 rings (SSSR count). The van der Waals surface area contributed by atoms with Crippen molar-refractivity contribution in [1.82, 2.24) is 4.98 Å². The standard InChI is InChI=1S/C22H23N5O2/c1-15-6-4-9-20(25-22(28)27(3)26-23)21(15)29-14-17-10-12-18(13-11-17)19-8-5-7-16(2)24-19/h4-13,23H,14H2,1-3H3,(H,25,28)/p+1. The molecule has 29 heavy (non-hydrogen) atoms. The lowest BCUT2D eigenvalue weighted by Crippen LogP contribution is -2.23. The van der Waals surface area contributed by atoms with Crippen LogP contribution in [0.2, 0.25) is 0 Å². The number of para-hydroxylation sites is 1. The molecule has 2 amide bonds. The minimum absolute atomic E-state index is 0.367. The monoisotopic (exact) mass is 390 g/mol. The number of ether oxygens (including phenoxy) is 1. The smallest absolute Gasteiger partial charge is 0.459 e. The van der Waals surface area contributed by atoms with E-state index >= 15 is 0 Å². The third-order valence-electron chi connectivity index (χ3n) is 4.44. The molecule has 0 saturated heterocycles. The Balaban J connectivity index is 1.74. The van der Waals surface area contributed by atoms with Crippen LogP contribution >= 0.6 is 0 Å². The van der Waals surface area contributed by atoms with Crippen molar-refractivity contribution in [2.24, 2.45) is 11.1 Å². The lowest BCUT2D eigenvalue weighted by Gasteiger charge is -2.13. The van der Waals surface area contributed by atoms with E-state index in [2.05, 4.69) is 15.5 Å². The zero-order valence-corrected chi connectivity index (χ0v) is 16.7. The van der Waals surface area contributed by atoms with Crippen molar-refractivity contribution in [3.63, 3.8) is 0 Å². The van der Waals surface area contributed by atoms with Crippen molar-refractivity contribution in [2.75, 3.05) is 12.4 Å². The predicted molar refractivity (Wildman–Crippen MR) is 112 cm³/mol. The molecular formula is C22H24N5O2+. The highest BCUT2D eigenvalue weighted by atomic mass is 16.5. The van der Waals surface area contributed by atoms with Crippen LogP contribution in [0.1, 0.15) is 16.8 Å². The van der Waals surface area contributed by atoms with Gasteiger partial charge in [-0.15, -0.1) is 4.70 Å². The summed E-state index contributed by atoms with van der Waals surface area (Å²) in [5.74, 6) is 5.75. The van der Waals surface area contributed by atoms with E-state index in [-0.39, 0.29) is 0 Å². The minimum atomic E-state index is -0.446. The molecule has 3 aromatic rings. The van der Waals surface area contributed by atoms with Crippen LogP contribution in [0.3, 0.4) is 0 Å². The van der Waals surface area contributed by atoms with E-state index in [4.69, 9.17) is 10.6 Å². The van der Waals surface area contributed by atoms with E-state index in [9.17, 15) is 4.79 Å². The Morgan fingerprint density at radius 3 is 2.52 bits per heavy atom. The van der Waals surface area contributed by atoms with Gasteiger partial charge in [0.25, 0.3) is 0 Å². The van der Waals surface area contributed by atoms with Gasteiger partial charge in [-0.2, -0.15) is 0 Å². The minimum Gasteiger partial charge on any atom is -0.485 e. The number of carbonyl (C=O) groups excluding carboxylic acids is 1. The first-order chi connectivity index (χ1) is 14.0. The summed E-state index contributed by atoms with van der Waals surface area (Å²) in [6.07, 6.45) is 0. The lowest BCUT2D eigenvalue weighted by molar-refractivity contribution is -0.466. The topological polar surface area (TPSA) is 92.6 Å². The third-order valence-corrected chi connectivity index (χ3v) is 4.44. The van der Waals surface area contributed by atoms with Crippen LogP contribution in [0.5, 0.6) is 5.75 Å². The summed E-state index contributed by atoms with van der Waals surface area (Å²) in [6.45, 7) is 4.27. The first-order valence-electron chi connectivity index (χ1n) is 9.19. The molecule has 1 heterocycles. The van der Waals surface area contributed by atoms with Gasteiger partial charge in [0.15, 0.2) is 5.75 Å². The number of amides is 2. The quantitative estimate of drug-likeness (QED) is 0.291. The Bertz CT molecular complexity index is 1050. The van der Waals surface area contributed by atoms with Crippen LogP contribution in [0.25, 0.3) is 11.3 Å². The molecule has 0 aliphatic heterocycles. The number of nitrogens with zero attached hydrogens (tertiary/aromatic N) is 3. The molecule has 0 radical (unpaired) electrons. The molecule has 0 aliphatic carbocycles. The van der Waals surface area contributed by atoms with E-state index < -0.39 is 6.03 Å². The van der Waals surface area contributed by atoms with Gasteiger partial charge >= 0.3 is 6.03 Å². The fourth-order valence-electron chi connectivity index (χ4n) is 2.82. The summed E-state index contributed by atoms with van der Waals surface area (Å²) in [4.78, 5) is 16.6. The third kappa shape index (κ3) is 4.95. The van der Waals surface area contributed by atoms with E-state index in [1.807, 2.05) is 68.4 Å². The number of carbonyl (C=O) groups is 1. The fraction of sp³-hybridized carbons (Fsp3) is 0.182. The van der Waals surface area contributed by atoms with Crippen LogP contribution in [-0.2, 0) is 6.61 Å². The van der Waals surface area contributed by atoms with E-state index in [1.165, 1.54) is 7.05 Å². The summed E-state index contributed by atoms with van der Waals surface area (Å²) < 4.78 is 7.04. The molecule has 7 nitrogen and oxygen atoms in total. The van der Waals surface area contributed by atoms with Crippen molar-refractivity contribution in [3.8, 4) is 17.0 Å². The van der Waals surface area contributed by atoms with E-state index in [0.717, 1.165) is 32.8 Å². The number of anilines is 1. The Kier molecular flexibility index (Phi) is 6.19. The zero-order chi connectivity index (χ0) is 20.8. The molecule has 0 fully saturated rings. The van der Waals surface area contributed by atoms with Crippen molar-refractivity contribution in [2.45, 2.75) is 20.5 Å². The highest BCUT2D eigenvalue weighted by Gasteiger charge is 2.16. The van der Waals surface area contributed by atoms with Gasteiger partial charge in [-0.1, -0.05) is 42.5 Å². The van der Waals surface area contributed by atoms with Gasteiger partial charge in [-0.05, 0) is 43.2 Å². The number of hydrogen-bond donors (Lipinski definition) is 2. The summed E-state index contributed by atoms with van der Waals surface area (Å²) >= 11 is 0. The number of benzene rings is 2. The second kappa shape index (κ2) is 8.97. The van der Waals surface area contributed by atoms with Crippen LogP contribution in [0.15, 0.2) is 65.9 Å². The second-order valence-corrected chi connectivity index (χ2v) is 6.67. The van der Waals surface area contributed by atoms with Crippen molar-refractivity contribution in [1.29, 1.82) is 0 Å². The maximum atomic E-state index is 12.1. The normalized spacial score (nSPS) is 11.2. The van der Waals surface area contributed by atoms with Gasteiger partial charge in [-0.25, -0.2) is 16.0 Å². The second-order valence-electron chi connectivity index (χ2n) is 6.67. The van der Waals surface area contributed by atoms with Gasteiger partial charge in [0.2, 0.25) is 0 Å². The van der Waals surface area contributed by atoms with Crippen molar-refractivity contribution < 1.29 is 14.2 Å². The van der Waals surface area contributed by atoms with Crippen LogP contribution in [0.4, 0.5) is 10.5 Å². The Morgan fingerprint density at radius 2 is 1.83 bits per heavy atom. The molecule has 148 valence electrons. The summed E-state index contributed by atoms with van der Waals surface area (Å²) in [7, 11) is 1.47. The van der Waals surface area contributed by atoms with Crippen molar-refractivity contribution in [3.05, 3.63) is 77.5 Å². The van der Waals surface area contributed by atoms with Crippen LogP contribution in [0, 0.1) is 13.8 Å². The summed E-state index contributed by atoms with van der Waals surface area (Å²) in [6, 6.07) is 19.1. The van der Waals surface area contributed by atoms with Gasteiger partial charge in [-0.3, -0.25) is 4.98 Å². The summed E-state index contributed by atoms with van der Waals surface area (Å²) in [5, 5.41) is 6.10. The van der Waals surface area contributed by atoms with Crippen molar-refractivity contribution >= 4 is 11.7 Å². The molecule has 3 N–H and O–H groups in total. The SMILES string of the molecule is Cc1cccc(-c2ccc(COc3c(C)cccc3NC(=O)/[N+](C)=N\N)cc2)n1. The number of aromatic nitrogens is 1. The first kappa shape index (κ1) is 20.0. The first-order valence-corrected chi connectivity index (χ1v) is 9.19.